The first-order chi connectivity index (χ1) is 19.0. The Morgan fingerprint density at radius 3 is 2.25 bits per heavy atom. The Kier molecular flexibility index (Phi) is 10.7. The van der Waals surface area contributed by atoms with Gasteiger partial charge in [0, 0.05) is 41.8 Å². The van der Waals surface area contributed by atoms with Gasteiger partial charge >= 0.3 is 11.9 Å². The summed E-state index contributed by atoms with van der Waals surface area (Å²) in [6.45, 7) is 2.59. The van der Waals surface area contributed by atoms with Gasteiger partial charge < -0.3 is 24.6 Å². The van der Waals surface area contributed by atoms with Crippen LogP contribution in [-0.2, 0) is 32.0 Å². The quantitative estimate of drug-likeness (QED) is 0.211. The van der Waals surface area contributed by atoms with Crippen molar-refractivity contribution in [3.05, 3.63) is 75.4 Å². The first-order valence-electron chi connectivity index (χ1n) is 12.0. The fourth-order valence-electron chi connectivity index (χ4n) is 3.99. The SMILES string of the molecule is CCOC(=O)[C@@](Cc1cc(Cl)c(Sc2ccc(OC)c(Cc3ccc(OC)nc3)c2)c(Cl)c1)(NC(C)=O)C(=O)O. The molecule has 12 heteroatoms. The number of aliphatic carboxylic acids is 1. The summed E-state index contributed by atoms with van der Waals surface area (Å²) in [5, 5.41) is 12.6. The van der Waals surface area contributed by atoms with Gasteiger partial charge in [-0.15, -0.1) is 0 Å². The van der Waals surface area contributed by atoms with Crippen LogP contribution in [0.3, 0.4) is 0 Å². The fourth-order valence-corrected chi connectivity index (χ4v) is 5.64. The number of nitrogens with zero attached hydrogens (tertiary/aromatic N) is 1. The Labute approximate surface area is 246 Å². The molecule has 3 rings (SSSR count). The summed E-state index contributed by atoms with van der Waals surface area (Å²) in [5.41, 5.74) is -0.140. The number of carbonyl (C=O) groups excluding carboxylic acids is 2. The van der Waals surface area contributed by atoms with Gasteiger partial charge in [-0.05, 0) is 53.9 Å². The maximum atomic E-state index is 12.7. The van der Waals surface area contributed by atoms with E-state index in [-0.39, 0.29) is 16.7 Å². The van der Waals surface area contributed by atoms with Crippen LogP contribution in [-0.4, -0.2) is 54.3 Å². The number of nitrogens with one attached hydrogen (secondary N) is 1. The van der Waals surface area contributed by atoms with Gasteiger partial charge in [-0.3, -0.25) is 4.79 Å². The van der Waals surface area contributed by atoms with Gasteiger partial charge in [-0.2, -0.15) is 0 Å². The Morgan fingerprint density at radius 1 is 1.02 bits per heavy atom. The number of pyridine rings is 1. The number of aromatic nitrogens is 1. The first-order valence-corrected chi connectivity index (χ1v) is 13.6. The molecule has 2 N–H and O–H groups in total. The van der Waals surface area contributed by atoms with Crippen molar-refractivity contribution < 1.29 is 33.7 Å². The van der Waals surface area contributed by atoms with E-state index < -0.39 is 29.8 Å². The topological polar surface area (TPSA) is 124 Å². The van der Waals surface area contributed by atoms with Gasteiger partial charge in [0.15, 0.2) is 0 Å². The van der Waals surface area contributed by atoms with Gasteiger partial charge in [0.1, 0.15) is 5.75 Å². The maximum absolute atomic E-state index is 12.7. The molecule has 0 fully saturated rings. The van der Waals surface area contributed by atoms with E-state index in [1.807, 2.05) is 24.3 Å². The summed E-state index contributed by atoms with van der Waals surface area (Å²) in [7, 11) is 3.15. The Morgan fingerprint density at radius 2 is 1.73 bits per heavy atom. The second kappa shape index (κ2) is 13.7. The number of carbonyl (C=O) groups is 3. The van der Waals surface area contributed by atoms with Crippen molar-refractivity contribution >= 4 is 52.8 Å². The largest absolute Gasteiger partial charge is 0.496 e. The summed E-state index contributed by atoms with van der Waals surface area (Å²) in [4.78, 5) is 42.3. The standard InChI is InChI=1S/C28H28Cl2N2O7S/c1-5-39-27(36)28(26(34)35,32-16(2)33)14-18-11-21(29)25(22(30)12-18)40-20-7-8-23(37-3)19(13-20)10-17-6-9-24(38-4)31-15-17/h6-9,11-13,15H,5,10,14H2,1-4H3,(H,32,33)(H,34,35)/t28-/m0/s1. The van der Waals surface area contributed by atoms with Gasteiger partial charge in [0.2, 0.25) is 17.3 Å². The van der Waals surface area contributed by atoms with Crippen molar-refractivity contribution in [1.29, 1.82) is 0 Å². The zero-order chi connectivity index (χ0) is 29.4. The molecule has 1 amide bonds. The van der Waals surface area contributed by atoms with Crippen LogP contribution >= 0.6 is 35.0 Å². The lowest BCUT2D eigenvalue weighted by Crippen LogP contribution is -2.61. The van der Waals surface area contributed by atoms with E-state index in [0.717, 1.165) is 22.9 Å². The minimum absolute atomic E-state index is 0.0661. The van der Waals surface area contributed by atoms with Crippen LogP contribution in [0.25, 0.3) is 0 Å². The monoisotopic (exact) mass is 606 g/mol. The molecule has 1 heterocycles. The molecule has 3 aromatic rings. The van der Waals surface area contributed by atoms with Crippen LogP contribution in [0.1, 0.15) is 30.5 Å². The molecule has 40 heavy (non-hydrogen) atoms. The average Bonchev–Trinajstić information content (AvgIpc) is 2.90. The predicted octanol–water partition coefficient (Wildman–Crippen LogP) is 5.21. The van der Waals surface area contributed by atoms with Crippen molar-refractivity contribution in [1.82, 2.24) is 10.3 Å². The lowest BCUT2D eigenvalue weighted by Gasteiger charge is -2.28. The number of hydrogen-bond donors (Lipinski definition) is 2. The molecule has 0 saturated heterocycles. The third-order valence-electron chi connectivity index (χ3n) is 5.78. The molecule has 0 bridgehead atoms. The molecule has 0 unspecified atom stereocenters. The molecule has 0 aliphatic heterocycles. The van der Waals surface area contributed by atoms with Gasteiger partial charge in [-0.1, -0.05) is 41.0 Å². The van der Waals surface area contributed by atoms with E-state index in [1.165, 1.54) is 30.8 Å². The number of amides is 1. The Balaban J connectivity index is 1.91. The maximum Gasteiger partial charge on any atom is 0.344 e. The third-order valence-corrected chi connectivity index (χ3v) is 7.73. The summed E-state index contributed by atoms with van der Waals surface area (Å²) in [5.74, 6) is -2.14. The number of hydrogen-bond acceptors (Lipinski definition) is 8. The summed E-state index contributed by atoms with van der Waals surface area (Å²) >= 11 is 14.5. The van der Waals surface area contributed by atoms with Crippen LogP contribution in [0.4, 0.5) is 0 Å². The molecule has 1 atom stereocenters. The average molecular weight is 608 g/mol. The van der Waals surface area contributed by atoms with Crippen molar-refractivity contribution in [2.75, 3.05) is 20.8 Å². The summed E-state index contributed by atoms with van der Waals surface area (Å²) in [6.07, 6.45) is 1.87. The van der Waals surface area contributed by atoms with Crippen LogP contribution in [0.5, 0.6) is 11.6 Å². The molecule has 0 aliphatic carbocycles. The Bertz CT molecular complexity index is 1380. The minimum Gasteiger partial charge on any atom is -0.496 e. The number of carboxylic acids is 1. The number of halogens is 2. The third kappa shape index (κ3) is 7.38. The van der Waals surface area contributed by atoms with E-state index in [1.54, 1.807) is 26.5 Å². The number of ether oxygens (including phenoxy) is 3. The first kappa shape index (κ1) is 31.1. The highest BCUT2D eigenvalue weighted by Gasteiger charge is 2.49. The van der Waals surface area contributed by atoms with Crippen molar-refractivity contribution in [2.45, 2.75) is 42.0 Å². The van der Waals surface area contributed by atoms with Gasteiger partial charge in [-0.25, -0.2) is 14.6 Å². The van der Waals surface area contributed by atoms with Gasteiger partial charge in [0.25, 0.3) is 0 Å². The molecule has 9 nitrogen and oxygen atoms in total. The van der Waals surface area contributed by atoms with E-state index in [9.17, 15) is 19.5 Å². The lowest BCUT2D eigenvalue weighted by molar-refractivity contribution is -0.164. The van der Waals surface area contributed by atoms with E-state index in [4.69, 9.17) is 37.4 Å². The smallest absolute Gasteiger partial charge is 0.344 e. The number of rotatable bonds is 12. The molecule has 0 spiro atoms. The fraction of sp³-hybridized carbons (Fsp3) is 0.286. The Hall–Kier alpha value is -3.47. The zero-order valence-electron chi connectivity index (χ0n) is 22.2. The predicted molar refractivity (Wildman–Crippen MR) is 152 cm³/mol. The van der Waals surface area contributed by atoms with Crippen molar-refractivity contribution in [3.8, 4) is 11.6 Å². The molecule has 0 radical (unpaired) electrons. The van der Waals surface area contributed by atoms with Crippen LogP contribution in [0.15, 0.2) is 58.5 Å². The number of benzene rings is 2. The van der Waals surface area contributed by atoms with E-state index in [2.05, 4.69) is 10.3 Å². The number of carboxylic acid groups (broad SMARTS) is 1. The van der Waals surface area contributed by atoms with Gasteiger partial charge in [0.05, 0.1) is 30.9 Å². The number of methoxy groups -OCH3 is 2. The second-order valence-electron chi connectivity index (χ2n) is 8.64. The molecule has 0 aliphatic rings. The lowest BCUT2D eigenvalue weighted by atomic mass is 9.90. The zero-order valence-corrected chi connectivity index (χ0v) is 24.6. The highest BCUT2D eigenvalue weighted by molar-refractivity contribution is 7.99. The van der Waals surface area contributed by atoms with Crippen LogP contribution < -0.4 is 14.8 Å². The normalized spacial score (nSPS) is 12.2. The number of esters is 1. The van der Waals surface area contributed by atoms with E-state index >= 15 is 0 Å². The van der Waals surface area contributed by atoms with Crippen LogP contribution in [0, 0.1) is 0 Å². The molecular formula is C28H28Cl2N2O7S. The summed E-state index contributed by atoms with van der Waals surface area (Å²) < 4.78 is 15.6. The van der Waals surface area contributed by atoms with Crippen molar-refractivity contribution in [3.63, 3.8) is 0 Å². The molecule has 0 saturated carbocycles. The van der Waals surface area contributed by atoms with Crippen molar-refractivity contribution in [2.24, 2.45) is 0 Å². The summed E-state index contributed by atoms with van der Waals surface area (Å²) in [6, 6.07) is 12.4. The van der Waals surface area contributed by atoms with Crippen LogP contribution in [0.2, 0.25) is 10.0 Å². The van der Waals surface area contributed by atoms with E-state index in [0.29, 0.717) is 28.5 Å². The minimum atomic E-state index is -2.34. The highest BCUT2D eigenvalue weighted by Crippen LogP contribution is 2.41. The molecule has 2 aromatic carbocycles. The molecule has 1 aromatic heterocycles. The molecular weight excluding hydrogens is 579 g/mol. The second-order valence-corrected chi connectivity index (χ2v) is 10.5. The molecule has 212 valence electrons. The highest BCUT2D eigenvalue weighted by atomic mass is 35.5.